The Morgan fingerprint density at radius 2 is 2.21 bits per heavy atom. The van der Waals surface area contributed by atoms with Crippen molar-refractivity contribution in [1.82, 2.24) is 4.98 Å². The summed E-state index contributed by atoms with van der Waals surface area (Å²) in [5.41, 5.74) is 4.02. The van der Waals surface area contributed by atoms with E-state index in [0.29, 0.717) is 6.42 Å². The fraction of sp³-hybridized carbons (Fsp3) is 0.250. The van der Waals surface area contributed by atoms with Crippen molar-refractivity contribution in [2.24, 2.45) is 0 Å². The van der Waals surface area contributed by atoms with Crippen molar-refractivity contribution < 1.29 is 4.79 Å². The minimum Gasteiger partial charge on any atom is -0.385 e. The number of ketones is 1. The minimum absolute atomic E-state index is 0.132. The highest BCUT2D eigenvalue weighted by molar-refractivity contribution is 5.98. The molecule has 0 saturated carbocycles. The van der Waals surface area contributed by atoms with Crippen molar-refractivity contribution in [3.05, 3.63) is 59.4 Å². The van der Waals surface area contributed by atoms with Gasteiger partial charge >= 0.3 is 0 Å². The molecule has 19 heavy (non-hydrogen) atoms. The van der Waals surface area contributed by atoms with E-state index in [0.717, 1.165) is 30.6 Å². The van der Waals surface area contributed by atoms with Gasteiger partial charge in [-0.15, -0.1) is 0 Å². The van der Waals surface area contributed by atoms with Gasteiger partial charge in [-0.2, -0.15) is 0 Å². The van der Waals surface area contributed by atoms with Gasteiger partial charge in [0.1, 0.15) is 0 Å². The van der Waals surface area contributed by atoms with E-state index in [1.807, 2.05) is 36.4 Å². The van der Waals surface area contributed by atoms with E-state index in [-0.39, 0.29) is 5.78 Å². The number of nitrogens with zero attached hydrogens (tertiary/aromatic N) is 1. The number of anilines is 1. The predicted octanol–water partition coefficient (Wildman–Crippen LogP) is 2.87. The molecule has 3 heteroatoms. The molecule has 0 aliphatic carbocycles. The molecule has 0 unspecified atom stereocenters. The Hall–Kier alpha value is -2.16. The van der Waals surface area contributed by atoms with Crippen LogP contribution in [-0.2, 0) is 12.8 Å². The van der Waals surface area contributed by atoms with Crippen molar-refractivity contribution in [2.75, 3.05) is 11.9 Å². The first kappa shape index (κ1) is 11.9. The molecule has 0 atom stereocenters. The van der Waals surface area contributed by atoms with Crippen LogP contribution in [0.2, 0.25) is 0 Å². The molecule has 1 aliphatic rings. The molecule has 1 aromatic carbocycles. The van der Waals surface area contributed by atoms with E-state index in [4.69, 9.17) is 0 Å². The Kier molecular flexibility index (Phi) is 3.27. The Balaban J connectivity index is 1.80. The normalized spacial score (nSPS) is 13.5. The number of benzene rings is 1. The largest absolute Gasteiger partial charge is 0.385 e. The molecule has 0 fully saturated rings. The van der Waals surface area contributed by atoms with Gasteiger partial charge in [-0.25, -0.2) is 0 Å². The molecule has 0 amide bonds. The molecule has 0 spiro atoms. The monoisotopic (exact) mass is 252 g/mol. The van der Waals surface area contributed by atoms with Crippen molar-refractivity contribution >= 4 is 11.5 Å². The molecular weight excluding hydrogens is 236 g/mol. The maximum Gasteiger partial charge on any atom is 0.168 e. The zero-order valence-corrected chi connectivity index (χ0v) is 10.7. The summed E-state index contributed by atoms with van der Waals surface area (Å²) in [6.07, 6.45) is 4.27. The molecule has 2 heterocycles. The summed E-state index contributed by atoms with van der Waals surface area (Å²) in [6.45, 7) is 1.02. The first-order chi connectivity index (χ1) is 9.33. The third-order valence-electron chi connectivity index (χ3n) is 3.43. The average Bonchev–Trinajstić information content (AvgIpc) is 2.48. The number of hydrogen-bond acceptors (Lipinski definition) is 3. The third-order valence-corrected chi connectivity index (χ3v) is 3.43. The van der Waals surface area contributed by atoms with Crippen LogP contribution < -0.4 is 5.32 Å². The van der Waals surface area contributed by atoms with Gasteiger partial charge < -0.3 is 5.32 Å². The van der Waals surface area contributed by atoms with Crippen LogP contribution >= 0.6 is 0 Å². The molecule has 3 rings (SSSR count). The molecule has 1 aliphatic heterocycles. The number of rotatable bonds is 3. The number of aryl methyl sites for hydroxylation is 1. The topological polar surface area (TPSA) is 42.0 Å². The van der Waals surface area contributed by atoms with Crippen LogP contribution in [0.25, 0.3) is 0 Å². The lowest BCUT2D eigenvalue weighted by Crippen LogP contribution is -2.13. The highest BCUT2D eigenvalue weighted by Gasteiger charge is 2.13. The summed E-state index contributed by atoms with van der Waals surface area (Å²) in [6, 6.07) is 11.6. The van der Waals surface area contributed by atoms with Crippen LogP contribution in [0.15, 0.2) is 42.6 Å². The highest BCUT2D eigenvalue weighted by Crippen LogP contribution is 2.23. The standard InChI is InChI=1S/C16H16N2O/c19-16(11-14-5-1-2-8-17-14)13-6-7-15-12(10-13)4-3-9-18-15/h1-2,5-8,10,18H,3-4,9,11H2. The summed E-state index contributed by atoms with van der Waals surface area (Å²) in [7, 11) is 0. The maximum absolute atomic E-state index is 12.2. The first-order valence-electron chi connectivity index (χ1n) is 6.63. The summed E-state index contributed by atoms with van der Waals surface area (Å²) in [5.74, 6) is 0.132. The second kappa shape index (κ2) is 5.22. The van der Waals surface area contributed by atoms with Crippen LogP contribution in [0.1, 0.15) is 28.0 Å². The van der Waals surface area contributed by atoms with Crippen molar-refractivity contribution in [1.29, 1.82) is 0 Å². The van der Waals surface area contributed by atoms with Gasteiger partial charge in [0.25, 0.3) is 0 Å². The van der Waals surface area contributed by atoms with Gasteiger partial charge in [0.15, 0.2) is 5.78 Å². The van der Waals surface area contributed by atoms with E-state index in [2.05, 4.69) is 10.3 Å². The molecule has 1 aromatic heterocycles. The number of fused-ring (bicyclic) bond motifs is 1. The zero-order chi connectivity index (χ0) is 13.1. The Morgan fingerprint density at radius 3 is 3.05 bits per heavy atom. The quantitative estimate of drug-likeness (QED) is 0.854. The van der Waals surface area contributed by atoms with Crippen molar-refractivity contribution in [2.45, 2.75) is 19.3 Å². The van der Waals surface area contributed by atoms with Crippen molar-refractivity contribution in [3.8, 4) is 0 Å². The van der Waals surface area contributed by atoms with E-state index in [1.54, 1.807) is 6.20 Å². The van der Waals surface area contributed by atoms with Gasteiger partial charge in [0.05, 0.1) is 6.42 Å². The number of aromatic nitrogens is 1. The second-order valence-corrected chi connectivity index (χ2v) is 4.82. The SMILES string of the molecule is O=C(Cc1ccccn1)c1ccc2c(c1)CCCN2. The van der Waals surface area contributed by atoms with Gasteiger partial charge in [-0.05, 0) is 48.7 Å². The highest BCUT2D eigenvalue weighted by atomic mass is 16.1. The molecule has 0 saturated heterocycles. The lowest BCUT2D eigenvalue weighted by molar-refractivity contribution is 0.0992. The molecular formula is C16H16N2O. The molecule has 96 valence electrons. The summed E-state index contributed by atoms with van der Waals surface area (Å²) < 4.78 is 0. The van der Waals surface area contributed by atoms with E-state index >= 15 is 0 Å². The van der Waals surface area contributed by atoms with Gasteiger partial charge in [0, 0.05) is 29.7 Å². The molecule has 0 radical (unpaired) electrons. The first-order valence-corrected chi connectivity index (χ1v) is 6.63. The third kappa shape index (κ3) is 2.65. The van der Waals surface area contributed by atoms with Crippen LogP contribution in [0, 0.1) is 0 Å². The maximum atomic E-state index is 12.2. The van der Waals surface area contributed by atoms with Gasteiger partial charge in [-0.1, -0.05) is 6.07 Å². The van der Waals surface area contributed by atoms with Gasteiger partial charge in [0.2, 0.25) is 0 Å². The number of carbonyl (C=O) groups is 1. The minimum atomic E-state index is 0.132. The van der Waals surface area contributed by atoms with E-state index in [1.165, 1.54) is 11.3 Å². The summed E-state index contributed by atoms with van der Waals surface area (Å²) in [4.78, 5) is 16.4. The number of carbonyl (C=O) groups excluding carboxylic acids is 1. The Labute approximate surface area is 112 Å². The zero-order valence-electron chi connectivity index (χ0n) is 10.7. The van der Waals surface area contributed by atoms with Gasteiger partial charge in [-0.3, -0.25) is 9.78 Å². The fourth-order valence-electron chi connectivity index (χ4n) is 2.42. The number of pyridine rings is 1. The lowest BCUT2D eigenvalue weighted by atomic mass is 9.98. The summed E-state index contributed by atoms with van der Waals surface area (Å²) in [5, 5.41) is 3.35. The van der Waals surface area contributed by atoms with Crippen LogP contribution in [0.3, 0.4) is 0 Å². The Bertz CT molecular complexity index is 593. The predicted molar refractivity (Wildman–Crippen MR) is 75.5 cm³/mol. The number of nitrogens with one attached hydrogen (secondary N) is 1. The fourth-order valence-corrected chi connectivity index (χ4v) is 2.42. The van der Waals surface area contributed by atoms with Crippen LogP contribution in [0.4, 0.5) is 5.69 Å². The van der Waals surface area contributed by atoms with Crippen LogP contribution in [0.5, 0.6) is 0 Å². The molecule has 3 nitrogen and oxygen atoms in total. The molecule has 0 bridgehead atoms. The van der Waals surface area contributed by atoms with E-state index < -0.39 is 0 Å². The number of Topliss-reactive ketones (excluding diaryl/α,β-unsaturated/α-hetero) is 1. The van der Waals surface area contributed by atoms with E-state index in [9.17, 15) is 4.79 Å². The average molecular weight is 252 g/mol. The number of hydrogen-bond donors (Lipinski definition) is 1. The molecule has 2 aromatic rings. The van der Waals surface area contributed by atoms with Crippen LogP contribution in [-0.4, -0.2) is 17.3 Å². The second-order valence-electron chi connectivity index (χ2n) is 4.82. The van der Waals surface area contributed by atoms with Crippen molar-refractivity contribution in [3.63, 3.8) is 0 Å². The summed E-state index contributed by atoms with van der Waals surface area (Å²) >= 11 is 0. The smallest absolute Gasteiger partial charge is 0.168 e. The molecule has 1 N–H and O–H groups in total. The lowest BCUT2D eigenvalue weighted by Gasteiger charge is -2.18. The Morgan fingerprint density at radius 1 is 1.26 bits per heavy atom.